The Balaban J connectivity index is -0.0000000267. The molecule has 13 heavy (non-hydrogen) atoms. The quantitative estimate of drug-likeness (QED) is 0.222. The monoisotopic (exact) mass is 290 g/mol. The van der Waals surface area contributed by atoms with Crippen LogP contribution in [0.25, 0.3) is 0 Å². The van der Waals surface area contributed by atoms with Crippen molar-refractivity contribution in [3.8, 4) is 0 Å². The summed E-state index contributed by atoms with van der Waals surface area (Å²) in [6.07, 6.45) is 0. The van der Waals surface area contributed by atoms with Crippen LogP contribution in [-0.2, 0) is 20.8 Å². The first-order chi connectivity index (χ1) is 4.00. The van der Waals surface area contributed by atoms with Crippen LogP contribution in [0.3, 0.4) is 0 Å². The smallest absolute Gasteiger partial charge is 0.759 e. The molecule has 13 heteroatoms. The first-order valence-electron chi connectivity index (χ1n) is 1.37. The molecule has 6 N–H and O–H groups in total. The molecular formula is H6K2NO8S2+. The summed E-state index contributed by atoms with van der Waals surface area (Å²) in [5, 5.41) is 0. The summed E-state index contributed by atoms with van der Waals surface area (Å²) in [6, 6.07) is 0. The van der Waals surface area contributed by atoms with E-state index in [1.807, 2.05) is 0 Å². The van der Waals surface area contributed by atoms with E-state index >= 15 is 0 Å². The third-order valence-corrected chi connectivity index (χ3v) is 0. The molecule has 0 radical (unpaired) electrons. The maximum atomic E-state index is 8.74. The molecule has 0 aromatic carbocycles. The fourth-order valence-corrected chi connectivity index (χ4v) is 0. The summed E-state index contributed by atoms with van der Waals surface area (Å²) >= 11 is 0. The van der Waals surface area contributed by atoms with E-state index in [2.05, 4.69) is 0 Å². The number of hydrogen-bond donors (Lipinski definition) is 3. The molecule has 0 bridgehead atoms. The van der Waals surface area contributed by atoms with Crippen LogP contribution in [0.2, 0.25) is 0 Å². The van der Waals surface area contributed by atoms with Gasteiger partial charge in [-0.1, -0.05) is 0 Å². The molecule has 0 amide bonds. The standard InChI is InChI=1S/2K.H3N.2H2O4S/c;;;2*1-5(2,3)4/h;;1H3;2*(H2,1,2,3,4)/q2*+1;;;/p-1. The van der Waals surface area contributed by atoms with Gasteiger partial charge in [0.05, 0.1) is 0 Å². The fourth-order valence-electron chi connectivity index (χ4n) is 0. The molecule has 72 valence electrons. The van der Waals surface area contributed by atoms with E-state index in [4.69, 9.17) is 35.0 Å². The molecule has 0 rings (SSSR count). The van der Waals surface area contributed by atoms with Crippen LogP contribution in [-0.4, -0.2) is 35.0 Å². The SMILES string of the molecule is O=S(=O)(O)O.O=S(=O)([O-])[O-].[K+].[K+].[NH4+]. The molecule has 0 fully saturated rings. The molecule has 0 aromatic heterocycles. The Morgan fingerprint density at radius 3 is 0.846 bits per heavy atom. The van der Waals surface area contributed by atoms with E-state index in [0.717, 1.165) is 0 Å². The van der Waals surface area contributed by atoms with Crippen LogP contribution in [0.1, 0.15) is 0 Å². The predicted molar refractivity (Wildman–Crippen MR) is 30.6 cm³/mol. The summed E-state index contributed by atoms with van der Waals surface area (Å²) in [5.74, 6) is 0. The minimum atomic E-state index is -5.17. The van der Waals surface area contributed by atoms with E-state index in [-0.39, 0.29) is 109 Å². The molecule has 0 unspecified atom stereocenters. The van der Waals surface area contributed by atoms with E-state index in [9.17, 15) is 0 Å². The molecule has 9 nitrogen and oxygen atoms in total. The van der Waals surface area contributed by atoms with Gasteiger partial charge < -0.3 is 15.3 Å². The van der Waals surface area contributed by atoms with Crippen molar-refractivity contribution in [1.82, 2.24) is 6.15 Å². The van der Waals surface area contributed by atoms with Crippen LogP contribution in [0.4, 0.5) is 0 Å². The molecule has 0 saturated carbocycles. The van der Waals surface area contributed by atoms with Crippen molar-refractivity contribution in [2.75, 3.05) is 0 Å². The Hall–Kier alpha value is 2.97. The second-order valence-corrected chi connectivity index (χ2v) is 2.57. The molecule has 0 aliphatic heterocycles. The average molecular weight is 290 g/mol. The molecule has 0 heterocycles. The number of rotatable bonds is 0. The summed E-state index contributed by atoms with van der Waals surface area (Å²) < 4.78 is 65.7. The van der Waals surface area contributed by atoms with Gasteiger partial charge in [-0.15, -0.1) is 0 Å². The van der Waals surface area contributed by atoms with E-state index in [1.165, 1.54) is 0 Å². The van der Waals surface area contributed by atoms with Crippen molar-refractivity contribution >= 4 is 20.8 Å². The topological polar surface area (TPSA) is 191 Å². The summed E-state index contributed by atoms with van der Waals surface area (Å²) in [7, 11) is -9.83. The Bertz CT molecular complexity index is 217. The predicted octanol–water partition coefficient (Wildman–Crippen LogP) is -7.61. The Morgan fingerprint density at radius 1 is 0.846 bits per heavy atom. The second-order valence-electron chi connectivity index (χ2n) is 0.856. The Kier molecular flexibility index (Phi) is 29.8. The van der Waals surface area contributed by atoms with Gasteiger partial charge in [0.15, 0.2) is 0 Å². The minimum absolute atomic E-state index is 0. The number of hydrogen-bond acceptors (Lipinski definition) is 6. The molecule has 0 aliphatic carbocycles. The average Bonchev–Trinajstić information content (AvgIpc) is 1.12. The van der Waals surface area contributed by atoms with E-state index < -0.39 is 20.8 Å². The zero-order valence-electron chi connectivity index (χ0n) is 7.16. The van der Waals surface area contributed by atoms with Crippen molar-refractivity contribution < 1.29 is 138 Å². The largest absolute Gasteiger partial charge is 1.00 e. The van der Waals surface area contributed by atoms with Gasteiger partial charge in [0, 0.05) is 10.4 Å². The molecular weight excluding hydrogens is 284 g/mol. The van der Waals surface area contributed by atoms with Crippen molar-refractivity contribution in [1.29, 1.82) is 0 Å². The third-order valence-electron chi connectivity index (χ3n) is 0. The number of quaternary nitrogens is 1. The van der Waals surface area contributed by atoms with Crippen LogP contribution in [0.15, 0.2) is 0 Å². The Morgan fingerprint density at radius 2 is 0.846 bits per heavy atom. The van der Waals surface area contributed by atoms with Crippen LogP contribution < -0.4 is 109 Å². The molecule has 0 aliphatic rings. The first-order valence-corrected chi connectivity index (χ1v) is 4.10. The molecule has 0 saturated heterocycles. The van der Waals surface area contributed by atoms with Crippen molar-refractivity contribution in [3.05, 3.63) is 0 Å². The first kappa shape index (κ1) is 29.7. The van der Waals surface area contributed by atoms with Gasteiger partial charge in [0.25, 0.3) is 0 Å². The maximum absolute atomic E-state index is 8.74. The van der Waals surface area contributed by atoms with Crippen molar-refractivity contribution in [3.63, 3.8) is 0 Å². The van der Waals surface area contributed by atoms with Crippen molar-refractivity contribution in [2.24, 2.45) is 0 Å². The van der Waals surface area contributed by atoms with Crippen LogP contribution in [0, 0.1) is 0 Å². The summed E-state index contributed by atoms with van der Waals surface area (Å²) in [6.45, 7) is 0. The van der Waals surface area contributed by atoms with Crippen LogP contribution >= 0.6 is 0 Å². The Labute approximate surface area is 161 Å². The van der Waals surface area contributed by atoms with Gasteiger partial charge in [-0.05, 0) is 0 Å². The van der Waals surface area contributed by atoms with Gasteiger partial charge in [-0.3, -0.25) is 17.5 Å². The zero-order chi connectivity index (χ0) is 9.00. The fraction of sp³-hybridized carbons (Fsp3) is 0. The summed E-state index contributed by atoms with van der Waals surface area (Å²) in [5.41, 5.74) is 0. The maximum Gasteiger partial charge on any atom is 1.00 e. The van der Waals surface area contributed by atoms with Gasteiger partial charge in [-0.2, -0.15) is 8.42 Å². The second kappa shape index (κ2) is 13.0. The van der Waals surface area contributed by atoms with E-state index in [0.29, 0.717) is 0 Å². The van der Waals surface area contributed by atoms with Gasteiger partial charge in [-0.25, -0.2) is 0 Å². The third kappa shape index (κ3) is 285. The van der Waals surface area contributed by atoms with Gasteiger partial charge in [0.2, 0.25) is 0 Å². The normalized spacial score (nSPS) is 8.92. The van der Waals surface area contributed by atoms with E-state index in [1.54, 1.807) is 0 Å². The van der Waals surface area contributed by atoms with Crippen molar-refractivity contribution in [2.45, 2.75) is 0 Å². The van der Waals surface area contributed by atoms with Gasteiger partial charge >= 0.3 is 113 Å². The minimum Gasteiger partial charge on any atom is -0.759 e. The zero-order valence-corrected chi connectivity index (χ0v) is 15.0. The van der Waals surface area contributed by atoms with Crippen LogP contribution in [0.5, 0.6) is 0 Å². The molecule has 0 spiro atoms. The summed E-state index contributed by atoms with van der Waals surface area (Å²) in [4.78, 5) is 0. The van der Waals surface area contributed by atoms with Gasteiger partial charge in [0.1, 0.15) is 0 Å². The molecule has 0 atom stereocenters. The molecule has 0 aromatic rings.